The largest absolute Gasteiger partial charge is 0.479 e. The van der Waals surface area contributed by atoms with Crippen molar-refractivity contribution in [3.05, 3.63) is 60.8 Å². The van der Waals surface area contributed by atoms with E-state index in [4.69, 9.17) is 23.7 Å². The Morgan fingerprint density at radius 1 is 0.420 bits per heavy atom. The van der Waals surface area contributed by atoms with Gasteiger partial charge in [-0.15, -0.1) is 0 Å². The molecule has 0 saturated carbocycles. The van der Waals surface area contributed by atoms with Crippen LogP contribution in [0.25, 0.3) is 0 Å². The number of aliphatic hydroxyl groups excluding tert-OH is 2. The second-order valence-corrected chi connectivity index (χ2v) is 22.7. The van der Waals surface area contributed by atoms with Crippen molar-refractivity contribution in [2.45, 2.75) is 340 Å². The van der Waals surface area contributed by atoms with Crippen LogP contribution in [0, 0.1) is 0 Å². The van der Waals surface area contributed by atoms with Crippen LogP contribution in [0.5, 0.6) is 0 Å². The van der Waals surface area contributed by atoms with Crippen LogP contribution < -0.4 is 0 Å². The number of hydrogen-bond donors (Lipinski definition) is 3. The van der Waals surface area contributed by atoms with Gasteiger partial charge in [-0.2, -0.15) is 0 Å². The quantitative estimate of drug-likeness (QED) is 0.0228. The third-order valence-electron chi connectivity index (χ3n) is 15.0. The number of aliphatic carboxylic acids is 1. The van der Waals surface area contributed by atoms with E-state index in [0.717, 1.165) is 122 Å². The molecular weight excluding hydrogens is 1020 g/mol. The number of aliphatic hydroxyl groups is 2. The summed E-state index contributed by atoms with van der Waals surface area (Å²) < 4.78 is 28.6. The van der Waals surface area contributed by atoms with Crippen molar-refractivity contribution in [3.63, 3.8) is 0 Å². The van der Waals surface area contributed by atoms with Gasteiger partial charge in [0.2, 0.25) is 0 Å². The number of esters is 3. The van der Waals surface area contributed by atoms with E-state index in [-0.39, 0.29) is 25.9 Å². The molecule has 0 spiro atoms. The second-order valence-electron chi connectivity index (χ2n) is 22.7. The zero-order valence-electron chi connectivity index (χ0n) is 51.8. The van der Waals surface area contributed by atoms with Gasteiger partial charge in [0.1, 0.15) is 18.8 Å². The lowest BCUT2D eigenvalue weighted by Gasteiger charge is -2.40. The third-order valence-corrected chi connectivity index (χ3v) is 15.0. The van der Waals surface area contributed by atoms with Crippen LogP contribution in [0.15, 0.2) is 60.8 Å². The van der Waals surface area contributed by atoms with Crippen molar-refractivity contribution in [2.75, 3.05) is 13.2 Å². The topological polar surface area (TPSA) is 175 Å². The Kier molecular flexibility index (Phi) is 53.0. The molecule has 6 unspecified atom stereocenters. The summed E-state index contributed by atoms with van der Waals surface area (Å²) in [6.07, 6.45) is 58.9. The molecule has 1 fully saturated rings. The molecule has 81 heavy (non-hydrogen) atoms. The molecule has 1 aliphatic rings. The standard InChI is InChI=1S/C69H120O12/c1-4-7-10-13-16-19-22-25-28-30-31-33-36-39-42-45-48-51-54-57-63(72)80-67-65(74)64(73)66(68(75)76)81-69(67)78-59-60(79-62(71)56-53-50-47-44-41-38-34-27-24-21-18-15-12-9-6-3)58-77-61(70)55-52-49-46-43-40-37-35-32-29-26-23-20-17-14-11-8-5-2/h8,11,17,20,25-29,34,60,64-67,69,73-74H,4-7,9-10,12-16,18-19,21-24,30-33,35-59H2,1-3H3,(H,75,76)/b11-8-,20-17-,28-25-,29-26-,34-27-. The summed E-state index contributed by atoms with van der Waals surface area (Å²) in [5.74, 6) is -3.12. The SMILES string of the molecule is CC/C=C\C/C=C\C/C=C\CCCCCCCCCC(=O)OCC(COC1OC(C(=O)O)C(O)C(O)C1OC(=O)CCCCCCCCCCC/C=C\CCCCCCCC)OC(=O)CCCCCCC/C=C\CCCCCCCC. The van der Waals surface area contributed by atoms with E-state index in [1.165, 1.54) is 122 Å². The van der Waals surface area contributed by atoms with Gasteiger partial charge in [-0.25, -0.2) is 4.79 Å². The van der Waals surface area contributed by atoms with Gasteiger partial charge in [0.05, 0.1) is 6.61 Å². The molecule has 0 aliphatic carbocycles. The van der Waals surface area contributed by atoms with Crippen molar-refractivity contribution < 1.29 is 58.2 Å². The Morgan fingerprint density at radius 3 is 1.20 bits per heavy atom. The molecule has 6 atom stereocenters. The molecule has 0 radical (unpaired) electrons. The number of ether oxygens (including phenoxy) is 5. The van der Waals surface area contributed by atoms with Crippen LogP contribution >= 0.6 is 0 Å². The van der Waals surface area contributed by atoms with Gasteiger partial charge in [-0.1, -0.05) is 242 Å². The van der Waals surface area contributed by atoms with E-state index >= 15 is 0 Å². The van der Waals surface area contributed by atoms with Crippen molar-refractivity contribution in [3.8, 4) is 0 Å². The van der Waals surface area contributed by atoms with Gasteiger partial charge >= 0.3 is 23.9 Å². The minimum atomic E-state index is -1.91. The number of carbonyl (C=O) groups excluding carboxylic acids is 3. The number of carboxylic acids is 1. The summed E-state index contributed by atoms with van der Waals surface area (Å²) in [6.45, 7) is 5.90. The second kappa shape index (κ2) is 56.9. The van der Waals surface area contributed by atoms with Gasteiger partial charge < -0.3 is 39.0 Å². The molecule has 1 aliphatic heterocycles. The van der Waals surface area contributed by atoms with Crippen LogP contribution in [-0.4, -0.2) is 89.2 Å². The highest BCUT2D eigenvalue weighted by molar-refractivity contribution is 5.74. The van der Waals surface area contributed by atoms with E-state index in [1.807, 2.05) is 0 Å². The van der Waals surface area contributed by atoms with Crippen LogP contribution in [0.3, 0.4) is 0 Å². The Hall–Kier alpha value is -3.58. The van der Waals surface area contributed by atoms with E-state index in [2.05, 4.69) is 81.5 Å². The Morgan fingerprint density at radius 2 is 0.778 bits per heavy atom. The molecule has 12 heteroatoms. The van der Waals surface area contributed by atoms with Gasteiger partial charge in [-0.3, -0.25) is 14.4 Å². The highest BCUT2D eigenvalue weighted by Gasteiger charge is 2.50. The minimum absolute atomic E-state index is 0.0571. The molecule has 12 nitrogen and oxygen atoms in total. The van der Waals surface area contributed by atoms with E-state index in [9.17, 15) is 34.5 Å². The fourth-order valence-electron chi connectivity index (χ4n) is 9.96. The summed E-state index contributed by atoms with van der Waals surface area (Å²) in [6, 6.07) is 0. The van der Waals surface area contributed by atoms with Crippen molar-refractivity contribution in [1.82, 2.24) is 0 Å². The van der Waals surface area contributed by atoms with Gasteiger partial charge in [0, 0.05) is 19.3 Å². The van der Waals surface area contributed by atoms with Crippen LogP contribution in [0.2, 0.25) is 0 Å². The summed E-state index contributed by atoms with van der Waals surface area (Å²) in [5, 5.41) is 31.6. The fourth-order valence-corrected chi connectivity index (χ4v) is 9.96. The lowest BCUT2D eigenvalue weighted by molar-refractivity contribution is -0.301. The third kappa shape index (κ3) is 46.5. The van der Waals surface area contributed by atoms with Crippen molar-refractivity contribution in [1.29, 1.82) is 0 Å². The van der Waals surface area contributed by atoms with E-state index < -0.39 is 67.3 Å². The fraction of sp³-hybridized carbons (Fsp3) is 0.797. The highest BCUT2D eigenvalue weighted by atomic mass is 16.7. The summed E-state index contributed by atoms with van der Waals surface area (Å²) in [4.78, 5) is 51.4. The summed E-state index contributed by atoms with van der Waals surface area (Å²) in [7, 11) is 0. The maximum Gasteiger partial charge on any atom is 0.335 e. The first-order chi connectivity index (χ1) is 39.6. The first kappa shape index (κ1) is 75.4. The molecule has 0 aromatic rings. The Labute approximate surface area is 494 Å². The molecule has 0 amide bonds. The summed E-state index contributed by atoms with van der Waals surface area (Å²) in [5.41, 5.74) is 0. The van der Waals surface area contributed by atoms with Crippen LogP contribution in [0.4, 0.5) is 0 Å². The summed E-state index contributed by atoms with van der Waals surface area (Å²) >= 11 is 0. The zero-order valence-corrected chi connectivity index (χ0v) is 51.8. The van der Waals surface area contributed by atoms with Gasteiger partial charge in [-0.05, 0) is 103 Å². The average Bonchev–Trinajstić information content (AvgIpc) is 3.53. The molecule has 0 aromatic carbocycles. The Balaban J connectivity index is 2.65. The molecule has 3 N–H and O–H groups in total. The smallest absolute Gasteiger partial charge is 0.335 e. The molecular formula is C69H120O12. The van der Waals surface area contributed by atoms with Crippen LogP contribution in [-0.2, 0) is 42.9 Å². The van der Waals surface area contributed by atoms with E-state index in [0.29, 0.717) is 19.3 Å². The average molecular weight is 1140 g/mol. The number of carboxylic acid groups (broad SMARTS) is 1. The van der Waals surface area contributed by atoms with Crippen molar-refractivity contribution >= 4 is 23.9 Å². The molecule has 1 heterocycles. The number of hydrogen-bond acceptors (Lipinski definition) is 11. The lowest BCUT2D eigenvalue weighted by Crippen LogP contribution is -2.61. The minimum Gasteiger partial charge on any atom is -0.479 e. The first-order valence-electron chi connectivity index (χ1n) is 33.3. The number of rotatable bonds is 57. The number of carbonyl (C=O) groups is 4. The number of allylic oxidation sites excluding steroid dienone is 10. The normalized spacial score (nSPS) is 18.1. The molecule has 0 bridgehead atoms. The van der Waals surface area contributed by atoms with Gasteiger partial charge in [0.15, 0.2) is 24.6 Å². The molecule has 468 valence electrons. The predicted octanol–water partition coefficient (Wildman–Crippen LogP) is 17.9. The molecule has 1 rings (SSSR count). The maximum atomic E-state index is 13.2. The maximum absolute atomic E-state index is 13.2. The number of unbranched alkanes of at least 4 members (excludes halogenated alkanes) is 33. The predicted molar refractivity (Wildman–Crippen MR) is 331 cm³/mol. The van der Waals surface area contributed by atoms with Crippen LogP contribution in [0.1, 0.15) is 303 Å². The van der Waals surface area contributed by atoms with E-state index in [1.54, 1.807) is 0 Å². The molecule has 1 saturated heterocycles. The first-order valence-corrected chi connectivity index (χ1v) is 33.3. The highest BCUT2D eigenvalue weighted by Crippen LogP contribution is 2.27. The lowest BCUT2D eigenvalue weighted by atomic mass is 9.98. The zero-order chi connectivity index (χ0) is 58.9. The Bertz CT molecular complexity index is 1640. The van der Waals surface area contributed by atoms with Crippen molar-refractivity contribution in [2.24, 2.45) is 0 Å². The van der Waals surface area contributed by atoms with Gasteiger partial charge in [0.25, 0.3) is 0 Å². The monoisotopic (exact) mass is 1140 g/mol. The molecule has 0 aromatic heterocycles.